The van der Waals surface area contributed by atoms with Crippen LogP contribution < -0.4 is 5.32 Å². The number of halogens is 1. The summed E-state index contributed by atoms with van der Waals surface area (Å²) in [6.07, 6.45) is -0.336. The molecule has 0 aliphatic heterocycles. The molecule has 0 aliphatic carbocycles. The molecular weight excluding hydrogens is 257 g/mol. The summed E-state index contributed by atoms with van der Waals surface area (Å²) < 4.78 is 12.8. The Morgan fingerprint density at radius 2 is 1.75 bits per heavy atom. The van der Waals surface area contributed by atoms with Gasteiger partial charge in [-0.1, -0.05) is 24.3 Å². The van der Waals surface area contributed by atoms with Crippen molar-refractivity contribution >= 4 is 11.6 Å². The van der Waals surface area contributed by atoms with Crippen LogP contribution in [0.1, 0.15) is 24.2 Å². The number of aliphatic hydroxyl groups excluding tert-OH is 1. The van der Waals surface area contributed by atoms with E-state index in [-0.39, 0.29) is 18.1 Å². The Morgan fingerprint density at radius 3 is 2.30 bits per heavy atom. The van der Waals surface area contributed by atoms with Crippen LogP contribution in [0.15, 0.2) is 48.5 Å². The molecule has 2 aromatic carbocycles. The Hall–Kier alpha value is -2.20. The predicted molar refractivity (Wildman–Crippen MR) is 75.8 cm³/mol. The van der Waals surface area contributed by atoms with Gasteiger partial charge in [-0.3, -0.25) is 4.79 Å². The quantitative estimate of drug-likeness (QED) is 0.899. The van der Waals surface area contributed by atoms with Crippen molar-refractivity contribution in [2.24, 2.45) is 0 Å². The van der Waals surface area contributed by atoms with Gasteiger partial charge in [-0.25, -0.2) is 4.39 Å². The van der Waals surface area contributed by atoms with Gasteiger partial charge in [0.2, 0.25) is 5.91 Å². The molecule has 0 fully saturated rings. The second-order valence-corrected chi connectivity index (χ2v) is 4.65. The van der Waals surface area contributed by atoms with Crippen LogP contribution in [0.2, 0.25) is 0 Å². The molecule has 0 aromatic heterocycles. The first-order valence-corrected chi connectivity index (χ1v) is 6.37. The number of anilines is 1. The molecule has 0 bridgehead atoms. The SMILES string of the molecule is CC(O)c1ccc(NC(=O)Cc2ccc(F)cc2)cc1. The van der Waals surface area contributed by atoms with Crippen LogP contribution in [-0.2, 0) is 11.2 Å². The van der Waals surface area contributed by atoms with E-state index in [0.29, 0.717) is 5.69 Å². The van der Waals surface area contributed by atoms with Gasteiger partial charge < -0.3 is 10.4 Å². The van der Waals surface area contributed by atoms with E-state index in [1.54, 1.807) is 43.3 Å². The van der Waals surface area contributed by atoms with Gasteiger partial charge in [-0.2, -0.15) is 0 Å². The number of carbonyl (C=O) groups excluding carboxylic acids is 1. The largest absolute Gasteiger partial charge is 0.389 e. The molecule has 2 N–H and O–H groups in total. The normalized spacial score (nSPS) is 11.9. The number of nitrogens with one attached hydrogen (secondary N) is 1. The molecule has 20 heavy (non-hydrogen) atoms. The Balaban J connectivity index is 1.95. The summed E-state index contributed by atoms with van der Waals surface area (Å²) in [6.45, 7) is 1.68. The van der Waals surface area contributed by atoms with Crippen molar-refractivity contribution in [1.82, 2.24) is 0 Å². The summed E-state index contributed by atoms with van der Waals surface area (Å²) in [5.41, 5.74) is 2.22. The number of amides is 1. The van der Waals surface area contributed by atoms with Crippen LogP contribution in [0.5, 0.6) is 0 Å². The van der Waals surface area contributed by atoms with E-state index in [2.05, 4.69) is 5.32 Å². The lowest BCUT2D eigenvalue weighted by Gasteiger charge is -2.08. The third-order valence-corrected chi connectivity index (χ3v) is 2.95. The zero-order valence-electron chi connectivity index (χ0n) is 11.1. The van der Waals surface area contributed by atoms with Crippen LogP contribution in [-0.4, -0.2) is 11.0 Å². The fourth-order valence-corrected chi connectivity index (χ4v) is 1.84. The maximum Gasteiger partial charge on any atom is 0.228 e. The predicted octanol–water partition coefficient (Wildman–Crippen LogP) is 3.06. The lowest BCUT2D eigenvalue weighted by atomic mass is 10.1. The van der Waals surface area contributed by atoms with E-state index < -0.39 is 6.10 Å². The second-order valence-electron chi connectivity index (χ2n) is 4.65. The van der Waals surface area contributed by atoms with Crippen molar-refractivity contribution in [1.29, 1.82) is 0 Å². The zero-order chi connectivity index (χ0) is 14.5. The molecule has 1 atom stereocenters. The number of aliphatic hydroxyl groups is 1. The smallest absolute Gasteiger partial charge is 0.228 e. The molecular formula is C16H16FNO2. The molecule has 0 radical (unpaired) electrons. The molecule has 0 aliphatic rings. The topological polar surface area (TPSA) is 49.3 Å². The number of carbonyl (C=O) groups is 1. The highest BCUT2D eigenvalue weighted by molar-refractivity contribution is 5.92. The molecule has 2 aromatic rings. The Morgan fingerprint density at radius 1 is 1.15 bits per heavy atom. The maximum absolute atomic E-state index is 12.8. The van der Waals surface area contributed by atoms with E-state index in [0.717, 1.165) is 11.1 Å². The van der Waals surface area contributed by atoms with E-state index in [1.807, 2.05) is 0 Å². The van der Waals surface area contributed by atoms with E-state index in [9.17, 15) is 14.3 Å². The van der Waals surface area contributed by atoms with Crippen molar-refractivity contribution in [3.05, 3.63) is 65.5 Å². The van der Waals surface area contributed by atoms with E-state index >= 15 is 0 Å². The third kappa shape index (κ3) is 3.90. The Labute approximate surface area is 117 Å². The monoisotopic (exact) mass is 273 g/mol. The van der Waals surface area contributed by atoms with Crippen LogP contribution in [0.25, 0.3) is 0 Å². The van der Waals surface area contributed by atoms with Crippen LogP contribution >= 0.6 is 0 Å². The maximum atomic E-state index is 12.8. The highest BCUT2D eigenvalue weighted by Gasteiger charge is 2.05. The second kappa shape index (κ2) is 6.30. The fraction of sp³-hybridized carbons (Fsp3) is 0.188. The number of benzene rings is 2. The number of hydrogen-bond donors (Lipinski definition) is 2. The molecule has 4 heteroatoms. The molecule has 0 saturated carbocycles. The summed E-state index contributed by atoms with van der Waals surface area (Å²) >= 11 is 0. The van der Waals surface area contributed by atoms with E-state index in [1.165, 1.54) is 12.1 Å². The number of rotatable bonds is 4. The first kappa shape index (κ1) is 14.2. The van der Waals surface area contributed by atoms with Crippen molar-refractivity contribution in [3.63, 3.8) is 0 Å². The van der Waals surface area contributed by atoms with Crippen molar-refractivity contribution in [2.75, 3.05) is 5.32 Å². The highest BCUT2D eigenvalue weighted by atomic mass is 19.1. The molecule has 104 valence electrons. The van der Waals surface area contributed by atoms with Gasteiger partial charge in [0.15, 0.2) is 0 Å². The summed E-state index contributed by atoms with van der Waals surface area (Å²) in [4.78, 5) is 11.8. The van der Waals surface area contributed by atoms with Crippen LogP contribution in [0, 0.1) is 5.82 Å². The minimum atomic E-state index is -0.529. The van der Waals surface area contributed by atoms with Crippen molar-refractivity contribution < 1.29 is 14.3 Å². The van der Waals surface area contributed by atoms with Gasteiger partial charge in [0, 0.05) is 5.69 Å². The average molecular weight is 273 g/mol. The van der Waals surface area contributed by atoms with Crippen LogP contribution in [0.3, 0.4) is 0 Å². The molecule has 0 heterocycles. The summed E-state index contributed by atoms with van der Waals surface area (Å²) in [7, 11) is 0. The highest BCUT2D eigenvalue weighted by Crippen LogP contribution is 2.16. The minimum Gasteiger partial charge on any atom is -0.389 e. The van der Waals surface area contributed by atoms with Gasteiger partial charge in [0.1, 0.15) is 5.82 Å². The van der Waals surface area contributed by atoms with Gasteiger partial charge in [0.25, 0.3) is 0 Å². The number of hydrogen-bond acceptors (Lipinski definition) is 2. The first-order valence-electron chi connectivity index (χ1n) is 6.37. The summed E-state index contributed by atoms with van der Waals surface area (Å²) in [5, 5.41) is 12.2. The first-order chi connectivity index (χ1) is 9.54. The van der Waals surface area contributed by atoms with Gasteiger partial charge in [0.05, 0.1) is 12.5 Å². The molecule has 0 spiro atoms. The fourth-order valence-electron chi connectivity index (χ4n) is 1.84. The van der Waals surface area contributed by atoms with Crippen LogP contribution in [0.4, 0.5) is 10.1 Å². The van der Waals surface area contributed by atoms with Gasteiger partial charge in [-0.15, -0.1) is 0 Å². The molecule has 1 amide bonds. The lowest BCUT2D eigenvalue weighted by molar-refractivity contribution is -0.115. The zero-order valence-corrected chi connectivity index (χ0v) is 11.1. The van der Waals surface area contributed by atoms with E-state index in [4.69, 9.17) is 0 Å². The Bertz CT molecular complexity index is 576. The minimum absolute atomic E-state index is 0.165. The summed E-state index contributed by atoms with van der Waals surface area (Å²) in [5.74, 6) is -0.482. The average Bonchev–Trinajstić information content (AvgIpc) is 2.42. The molecule has 0 saturated heterocycles. The van der Waals surface area contributed by atoms with Gasteiger partial charge in [-0.05, 0) is 42.3 Å². The van der Waals surface area contributed by atoms with Crippen molar-refractivity contribution in [2.45, 2.75) is 19.4 Å². The lowest BCUT2D eigenvalue weighted by Crippen LogP contribution is -2.14. The Kier molecular flexibility index (Phi) is 4.48. The molecule has 3 nitrogen and oxygen atoms in total. The summed E-state index contributed by atoms with van der Waals surface area (Å²) in [6, 6.07) is 12.8. The van der Waals surface area contributed by atoms with Crippen molar-refractivity contribution in [3.8, 4) is 0 Å². The standard InChI is InChI=1S/C16H16FNO2/c1-11(19)13-4-8-15(9-5-13)18-16(20)10-12-2-6-14(17)7-3-12/h2-9,11,19H,10H2,1H3,(H,18,20). The molecule has 1 unspecified atom stereocenters. The third-order valence-electron chi connectivity index (χ3n) is 2.95. The molecule has 2 rings (SSSR count). The van der Waals surface area contributed by atoms with Gasteiger partial charge >= 0.3 is 0 Å².